The van der Waals surface area contributed by atoms with E-state index in [-0.39, 0.29) is 11.7 Å². The molecule has 1 rings (SSSR count). The van der Waals surface area contributed by atoms with Gasteiger partial charge in [-0.2, -0.15) is 0 Å². The Morgan fingerprint density at radius 3 is 2.88 bits per heavy atom. The fraction of sp³-hybridized carbons (Fsp3) is 0.429. The average molecular weight is 217 g/mol. The molecular weight excluding hydrogens is 198 g/mol. The smallest absolute Gasteiger partial charge is 0.158 e. The van der Waals surface area contributed by atoms with E-state index in [4.69, 9.17) is 0 Å². The number of ketones is 1. The molecule has 0 saturated heterocycles. The number of pyridine rings is 1. The van der Waals surface area contributed by atoms with E-state index in [2.05, 4.69) is 18.8 Å². The van der Waals surface area contributed by atoms with Gasteiger partial charge in [-0.3, -0.25) is 9.78 Å². The van der Waals surface area contributed by atoms with Crippen molar-refractivity contribution in [3.8, 4) is 0 Å². The van der Waals surface area contributed by atoms with Gasteiger partial charge in [-0.1, -0.05) is 26.3 Å². The molecule has 1 aromatic heterocycles. The van der Waals surface area contributed by atoms with Crippen molar-refractivity contribution >= 4 is 11.9 Å². The molecule has 0 aliphatic rings. The molecule has 0 aliphatic heterocycles. The first-order chi connectivity index (χ1) is 7.77. The minimum atomic E-state index is 0.179. The molecule has 0 amide bonds. The van der Waals surface area contributed by atoms with E-state index in [1.165, 1.54) is 0 Å². The van der Waals surface area contributed by atoms with E-state index in [0.717, 1.165) is 24.8 Å². The van der Waals surface area contributed by atoms with Crippen molar-refractivity contribution in [2.24, 2.45) is 5.92 Å². The highest BCUT2D eigenvalue weighted by Gasteiger charge is 2.11. The number of aromatic nitrogens is 1. The molecule has 0 fully saturated rings. The van der Waals surface area contributed by atoms with Gasteiger partial charge in [-0.25, -0.2) is 0 Å². The number of hydrogen-bond donors (Lipinski definition) is 0. The van der Waals surface area contributed by atoms with Crippen LogP contribution in [0.1, 0.15) is 38.7 Å². The molecule has 16 heavy (non-hydrogen) atoms. The first-order valence-electron chi connectivity index (χ1n) is 5.89. The maximum absolute atomic E-state index is 11.8. The van der Waals surface area contributed by atoms with Gasteiger partial charge in [0.15, 0.2) is 5.78 Å². The molecule has 1 heterocycles. The Morgan fingerprint density at radius 2 is 2.31 bits per heavy atom. The fourth-order valence-electron chi connectivity index (χ4n) is 1.69. The van der Waals surface area contributed by atoms with Crippen LogP contribution in [0, 0.1) is 5.92 Å². The van der Waals surface area contributed by atoms with Gasteiger partial charge in [0, 0.05) is 18.3 Å². The van der Waals surface area contributed by atoms with Gasteiger partial charge in [0.25, 0.3) is 0 Å². The minimum absolute atomic E-state index is 0.179. The molecule has 86 valence electrons. The lowest BCUT2D eigenvalue weighted by Crippen LogP contribution is -2.10. The van der Waals surface area contributed by atoms with E-state index in [1.807, 2.05) is 18.2 Å². The Balaban J connectivity index is 2.59. The first kappa shape index (κ1) is 12.6. The summed E-state index contributed by atoms with van der Waals surface area (Å²) in [5, 5.41) is 0. The summed E-state index contributed by atoms with van der Waals surface area (Å²) >= 11 is 0. The molecule has 1 unspecified atom stereocenters. The zero-order chi connectivity index (χ0) is 11.8. The van der Waals surface area contributed by atoms with Crippen LogP contribution in [-0.4, -0.2) is 10.8 Å². The summed E-state index contributed by atoms with van der Waals surface area (Å²) < 4.78 is 0. The zero-order valence-corrected chi connectivity index (χ0v) is 10.0. The second kappa shape index (κ2) is 6.94. The van der Waals surface area contributed by atoms with E-state index in [0.29, 0.717) is 0 Å². The second-order valence-electron chi connectivity index (χ2n) is 3.92. The van der Waals surface area contributed by atoms with Gasteiger partial charge >= 0.3 is 0 Å². The van der Waals surface area contributed by atoms with Crippen molar-refractivity contribution in [2.75, 3.05) is 0 Å². The third-order valence-corrected chi connectivity index (χ3v) is 2.66. The zero-order valence-electron chi connectivity index (χ0n) is 10.0. The molecule has 0 bridgehead atoms. The highest BCUT2D eigenvalue weighted by molar-refractivity contribution is 5.95. The van der Waals surface area contributed by atoms with Crippen LogP contribution in [0.3, 0.4) is 0 Å². The van der Waals surface area contributed by atoms with Crippen molar-refractivity contribution in [2.45, 2.75) is 33.1 Å². The Morgan fingerprint density at radius 1 is 1.50 bits per heavy atom. The Kier molecular flexibility index (Phi) is 5.48. The van der Waals surface area contributed by atoms with E-state index in [1.54, 1.807) is 18.5 Å². The summed E-state index contributed by atoms with van der Waals surface area (Å²) in [6.45, 7) is 4.18. The van der Waals surface area contributed by atoms with Crippen LogP contribution < -0.4 is 0 Å². The van der Waals surface area contributed by atoms with Gasteiger partial charge < -0.3 is 0 Å². The van der Waals surface area contributed by atoms with E-state index in [9.17, 15) is 4.79 Å². The third kappa shape index (κ3) is 3.97. The molecule has 2 nitrogen and oxygen atoms in total. The lowest BCUT2D eigenvalue weighted by Gasteiger charge is -2.08. The Hall–Kier alpha value is -1.44. The van der Waals surface area contributed by atoms with Crippen molar-refractivity contribution in [1.29, 1.82) is 0 Å². The molecule has 2 heteroatoms. The molecule has 0 spiro atoms. The predicted molar refractivity (Wildman–Crippen MR) is 67.0 cm³/mol. The highest BCUT2D eigenvalue weighted by Crippen LogP contribution is 2.13. The van der Waals surface area contributed by atoms with Crippen molar-refractivity contribution < 1.29 is 4.79 Å². The number of rotatable bonds is 6. The molecule has 0 aromatic carbocycles. The predicted octanol–water partition coefficient (Wildman–Crippen LogP) is 3.49. The highest BCUT2D eigenvalue weighted by atomic mass is 16.1. The molecular formula is C14H19NO. The van der Waals surface area contributed by atoms with Crippen LogP contribution in [0.2, 0.25) is 0 Å². The molecule has 0 radical (unpaired) electrons. The van der Waals surface area contributed by atoms with Gasteiger partial charge in [-0.15, -0.1) is 0 Å². The van der Waals surface area contributed by atoms with Gasteiger partial charge in [-0.05, 0) is 36.6 Å². The van der Waals surface area contributed by atoms with Crippen LogP contribution in [0.25, 0.3) is 6.08 Å². The van der Waals surface area contributed by atoms with Gasteiger partial charge in [0.2, 0.25) is 0 Å². The third-order valence-electron chi connectivity index (χ3n) is 2.66. The molecule has 0 aliphatic carbocycles. The number of hydrogen-bond acceptors (Lipinski definition) is 2. The Labute approximate surface area is 97.4 Å². The van der Waals surface area contributed by atoms with Crippen LogP contribution in [0.15, 0.2) is 30.6 Å². The molecule has 1 aromatic rings. The molecule has 1 atom stereocenters. The van der Waals surface area contributed by atoms with Crippen LogP contribution in [0.4, 0.5) is 0 Å². The lowest BCUT2D eigenvalue weighted by atomic mass is 9.95. The monoisotopic (exact) mass is 217 g/mol. The fourth-order valence-corrected chi connectivity index (χ4v) is 1.69. The van der Waals surface area contributed by atoms with Crippen LogP contribution in [-0.2, 0) is 4.79 Å². The maximum Gasteiger partial charge on any atom is 0.158 e. The first-order valence-corrected chi connectivity index (χ1v) is 5.89. The number of allylic oxidation sites excluding steroid dienone is 1. The number of carbonyl (C=O) groups is 1. The van der Waals surface area contributed by atoms with Crippen molar-refractivity contribution in [3.63, 3.8) is 0 Å². The van der Waals surface area contributed by atoms with E-state index >= 15 is 0 Å². The topological polar surface area (TPSA) is 30.0 Å². The lowest BCUT2D eigenvalue weighted by molar-refractivity contribution is -0.118. The summed E-state index contributed by atoms with van der Waals surface area (Å²) in [5.41, 5.74) is 0.974. The summed E-state index contributed by atoms with van der Waals surface area (Å²) in [6, 6.07) is 3.81. The van der Waals surface area contributed by atoms with Crippen molar-refractivity contribution in [3.05, 3.63) is 36.2 Å². The van der Waals surface area contributed by atoms with Crippen LogP contribution in [0.5, 0.6) is 0 Å². The van der Waals surface area contributed by atoms with Crippen molar-refractivity contribution in [1.82, 2.24) is 4.98 Å². The van der Waals surface area contributed by atoms with Gasteiger partial charge in [0.1, 0.15) is 0 Å². The normalized spacial score (nSPS) is 12.9. The minimum Gasteiger partial charge on any atom is -0.295 e. The second-order valence-corrected chi connectivity index (χ2v) is 3.92. The molecule has 0 saturated carbocycles. The standard InChI is InChI=1S/C14H19NO/c1-3-6-13(4-2)14(16)9-8-12-7-5-10-15-11-12/h5,7-11,13H,3-4,6H2,1-2H3/b9-8+. The average Bonchev–Trinajstić information content (AvgIpc) is 2.34. The summed E-state index contributed by atoms with van der Waals surface area (Å²) in [4.78, 5) is 15.8. The number of nitrogens with zero attached hydrogens (tertiary/aromatic N) is 1. The van der Waals surface area contributed by atoms with E-state index < -0.39 is 0 Å². The largest absolute Gasteiger partial charge is 0.295 e. The Bertz CT molecular complexity index is 343. The SMILES string of the molecule is CCCC(CC)C(=O)/C=C/c1cccnc1. The maximum atomic E-state index is 11.8. The van der Waals surface area contributed by atoms with Gasteiger partial charge in [0.05, 0.1) is 0 Å². The molecule has 0 N–H and O–H groups in total. The number of carbonyl (C=O) groups excluding carboxylic acids is 1. The van der Waals surface area contributed by atoms with Crippen LogP contribution >= 0.6 is 0 Å². The summed E-state index contributed by atoms with van der Waals surface area (Å²) in [7, 11) is 0. The summed E-state index contributed by atoms with van der Waals surface area (Å²) in [5.74, 6) is 0.408. The quantitative estimate of drug-likeness (QED) is 0.683. The summed E-state index contributed by atoms with van der Waals surface area (Å²) in [6.07, 6.45) is 9.96.